The summed E-state index contributed by atoms with van der Waals surface area (Å²) in [6.45, 7) is -0.407. The quantitative estimate of drug-likeness (QED) is 0.797. The first-order valence-electron chi connectivity index (χ1n) is 4.02. The van der Waals surface area contributed by atoms with Crippen LogP contribution in [0.3, 0.4) is 0 Å². The fraction of sp³-hybridized carbons (Fsp3) is 0.250. The average molecular weight is 297 g/mol. The lowest BCUT2D eigenvalue weighted by atomic mass is 10.4. The fourth-order valence-electron chi connectivity index (χ4n) is 1.33. The average Bonchev–Trinajstić information content (AvgIpc) is 2.44. The van der Waals surface area contributed by atoms with Crippen LogP contribution in [0, 0.1) is 0 Å². The van der Waals surface area contributed by atoms with Crippen LogP contribution < -0.4 is 0 Å². The summed E-state index contributed by atoms with van der Waals surface area (Å²) in [5.74, 6) is 0. The van der Waals surface area contributed by atoms with Gasteiger partial charge in [-0.15, -0.1) is 0 Å². The van der Waals surface area contributed by atoms with Crippen molar-refractivity contribution in [3.8, 4) is 0 Å². The molecule has 2 aromatic rings. The lowest BCUT2D eigenvalue weighted by Crippen LogP contribution is -2.05. The van der Waals surface area contributed by atoms with Crippen molar-refractivity contribution < 1.29 is 8.78 Å². The smallest absolute Gasteiger partial charge is 0.256 e. The Labute approximate surface area is 97.2 Å². The molecule has 0 aliphatic rings. The van der Waals surface area contributed by atoms with E-state index in [2.05, 4.69) is 25.9 Å². The maximum atomic E-state index is 12.2. The summed E-state index contributed by atoms with van der Waals surface area (Å²) in [6.07, 6.45) is 0.345. The largest absolute Gasteiger partial charge is 0.325 e. The maximum absolute atomic E-state index is 12.2. The van der Waals surface area contributed by atoms with E-state index in [1.54, 1.807) is 0 Å². The van der Waals surface area contributed by atoms with Gasteiger partial charge in [0.15, 0.2) is 0 Å². The Hall–Kier alpha value is -0.750. The first kappa shape index (κ1) is 10.8. The van der Waals surface area contributed by atoms with Crippen LogP contribution in [0.5, 0.6) is 0 Å². The monoisotopic (exact) mass is 295 g/mol. The summed E-state index contributed by atoms with van der Waals surface area (Å²) in [4.78, 5) is 7.70. The molecule has 0 spiro atoms. The highest BCUT2D eigenvalue weighted by Crippen LogP contribution is 2.29. The third-order valence-electron chi connectivity index (χ3n) is 1.90. The summed E-state index contributed by atoms with van der Waals surface area (Å²) in [6, 6.07) is 0. The second kappa shape index (κ2) is 4.02. The van der Waals surface area contributed by atoms with Crippen LogP contribution in [0.4, 0.5) is 8.78 Å². The van der Waals surface area contributed by atoms with Gasteiger partial charge in [-0.1, -0.05) is 11.6 Å². The number of hydrogen-bond acceptors (Lipinski definition) is 2. The molecule has 0 atom stereocenters. The molecular weight excluding hydrogens is 291 g/mol. The van der Waals surface area contributed by atoms with Gasteiger partial charge in [0.25, 0.3) is 6.43 Å². The van der Waals surface area contributed by atoms with Gasteiger partial charge >= 0.3 is 0 Å². The minimum atomic E-state index is -2.43. The van der Waals surface area contributed by atoms with Crippen molar-refractivity contribution in [2.45, 2.75) is 13.0 Å². The predicted molar refractivity (Wildman–Crippen MR) is 56.2 cm³/mol. The molecule has 0 aliphatic carbocycles. The van der Waals surface area contributed by atoms with Crippen LogP contribution >= 0.6 is 27.5 Å². The van der Waals surface area contributed by atoms with E-state index < -0.39 is 13.0 Å². The van der Waals surface area contributed by atoms with Gasteiger partial charge in [-0.05, 0) is 15.9 Å². The van der Waals surface area contributed by atoms with Crippen LogP contribution in [-0.4, -0.2) is 21.0 Å². The zero-order valence-corrected chi connectivity index (χ0v) is 9.63. The zero-order chi connectivity index (χ0) is 11.0. The van der Waals surface area contributed by atoms with Crippen LogP contribution in [0.1, 0.15) is 0 Å². The maximum Gasteiger partial charge on any atom is 0.256 e. The predicted octanol–water partition coefficient (Wildman–Crippen LogP) is 3.11. The van der Waals surface area contributed by atoms with Gasteiger partial charge in [-0.2, -0.15) is 0 Å². The molecule has 0 saturated heterocycles. The van der Waals surface area contributed by atoms with E-state index in [1.807, 2.05) is 0 Å². The molecular formula is C8H5BrClF2N3. The van der Waals surface area contributed by atoms with Gasteiger partial charge in [-0.3, -0.25) is 0 Å². The molecule has 2 aromatic heterocycles. The molecule has 80 valence electrons. The highest BCUT2D eigenvalue weighted by molar-refractivity contribution is 9.10. The van der Waals surface area contributed by atoms with E-state index in [1.165, 1.54) is 17.1 Å². The van der Waals surface area contributed by atoms with E-state index in [0.717, 1.165) is 0 Å². The molecule has 0 bridgehead atoms. The van der Waals surface area contributed by atoms with Gasteiger partial charge < -0.3 is 4.57 Å². The van der Waals surface area contributed by atoms with Gasteiger partial charge in [0.05, 0.1) is 11.9 Å². The van der Waals surface area contributed by atoms with Crippen LogP contribution in [0.2, 0.25) is 5.15 Å². The molecule has 0 fully saturated rings. The Balaban J connectivity index is 2.63. The number of aromatic nitrogens is 3. The highest BCUT2D eigenvalue weighted by atomic mass is 79.9. The topological polar surface area (TPSA) is 30.7 Å². The zero-order valence-electron chi connectivity index (χ0n) is 7.29. The number of fused-ring (bicyclic) bond motifs is 1. The standard InChI is InChI=1S/C8H5BrClF2N3/c9-4-1-15(2-5(11)12)8-6(4)7(10)13-3-14-8/h1,3,5H,2H2. The molecule has 0 unspecified atom stereocenters. The van der Waals surface area contributed by atoms with E-state index in [9.17, 15) is 8.78 Å². The Kier molecular flexibility index (Phi) is 2.88. The fourth-order valence-corrected chi connectivity index (χ4v) is 2.29. The number of rotatable bonds is 2. The SMILES string of the molecule is FC(F)Cn1cc(Br)c2c(Cl)ncnc21. The molecule has 0 amide bonds. The number of halogens is 4. The molecule has 0 aliphatic heterocycles. The lowest BCUT2D eigenvalue weighted by molar-refractivity contribution is 0.128. The summed E-state index contributed by atoms with van der Waals surface area (Å²) < 4.78 is 26.5. The van der Waals surface area contributed by atoms with Gasteiger partial charge in [0.1, 0.15) is 17.1 Å². The third kappa shape index (κ3) is 1.96. The summed E-state index contributed by atoms with van der Waals surface area (Å²) in [5.41, 5.74) is 0.405. The van der Waals surface area contributed by atoms with Crippen molar-refractivity contribution in [2.24, 2.45) is 0 Å². The van der Waals surface area contributed by atoms with Crippen LogP contribution in [-0.2, 0) is 6.54 Å². The number of alkyl halides is 2. The Morgan fingerprint density at radius 3 is 2.87 bits per heavy atom. The first-order chi connectivity index (χ1) is 7.09. The van der Waals surface area contributed by atoms with Crippen LogP contribution in [0.15, 0.2) is 17.0 Å². The molecule has 2 rings (SSSR count). The second-order valence-corrected chi connectivity index (χ2v) is 4.10. The van der Waals surface area contributed by atoms with Crippen molar-refractivity contribution in [1.29, 1.82) is 0 Å². The Bertz CT molecular complexity index is 500. The Morgan fingerprint density at radius 1 is 1.47 bits per heavy atom. The van der Waals surface area contributed by atoms with Crippen LogP contribution in [0.25, 0.3) is 11.0 Å². The number of nitrogens with zero attached hydrogens (tertiary/aromatic N) is 3. The van der Waals surface area contributed by atoms with Crippen molar-refractivity contribution in [2.75, 3.05) is 0 Å². The van der Waals surface area contributed by atoms with Gasteiger partial charge in [-0.25, -0.2) is 18.7 Å². The van der Waals surface area contributed by atoms with E-state index in [4.69, 9.17) is 11.6 Å². The van der Waals surface area contributed by atoms with Gasteiger partial charge in [0, 0.05) is 10.7 Å². The summed E-state index contributed by atoms with van der Waals surface area (Å²) in [7, 11) is 0. The van der Waals surface area contributed by atoms with Gasteiger partial charge in [0.2, 0.25) is 0 Å². The molecule has 0 saturated carbocycles. The molecule has 0 N–H and O–H groups in total. The molecule has 7 heteroatoms. The van der Waals surface area contributed by atoms with Crippen molar-refractivity contribution >= 4 is 38.6 Å². The molecule has 0 radical (unpaired) electrons. The number of hydrogen-bond donors (Lipinski definition) is 0. The van der Waals surface area contributed by atoms with E-state index in [-0.39, 0.29) is 5.15 Å². The Morgan fingerprint density at radius 2 is 2.20 bits per heavy atom. The van der Waals surface area contributed by atoms with Crippen molar-refractivity contribution in [1.82, 2.24) is 14.5 Å². The molecule has 3 nitrogen and oxygen atoms in total. The first-order valence-corrected chi connectivity index (χ1v) is 5.19. The lowest BCUT2D eigenvalue weighted by Gasteiger charge is -2.02. The van der Waals surface area contributed by atoms with E-state index in [0.29, 0.717) is 15.5 Å². The van der Waals surface area contributed by atoms with Crippen molar-refractivity contribution in [3.63, 3.8) is 0 Å². The van der Waals surface area contributed by atoms with E-state index >= 15 is 0 Å². The molecule has 2 heterocycles. The third-order valence-corrected chi connectivity index (χ3v) is 2.78. The minimum absolute atomic E-state index is 0.250. The second-order valence-electron chi connectivity index (χ2n) is 2.88. The summed E-state index contributed by atoms with van der Waals surface area (Å²) >= 11 is 9.06. The molecule has 15 heavy (non-hydrogen) atoms. The normalized spacial score (nSPS) is 11.5. The minimum Gasteiger partial charge on any atom is -0.325 e. The van der Waals surface area contributed by atoms with Crippen molar-refractivity contribution in [3.05, 3.63) is 22.1 Å². The highest BCUT2D eigenvalue weighted by Gasteiger charge is 2.14. The summed E-state index contributed by atoms with van der Waals surface area (Å²) in [5, 5.41) is 0.805. The molecule has 0 aromatic carbocycles.